The molecule has 2 atom stereocenters. The second-order valence-corrected chi connectivity index (χ2v) is 7.07. The number of nitrogens with two attached hydrogens (primary N) is 1. The summed E-state index contributed by atoms with van der Waals surface area (Å²) in [5, 5.41) is 2.71. The van der Waals surface area contributed by atoms with Gasteiger partial charge in [-0.15, -0.1) is 11.3 Å². The van der Waals surface area contributed by atoms with Crippen molar-refractivity contribution < 1.29 is 4.79 Å². The van der Waals surface area contributed by atoms with E-state index >= 15 is 0 Å². The highest BCUT2D eigenvalue weighted by molar-refractivity contribution is 7.14. The molecule has 0 aliphatic carbocycles. The summed E-state index contributed by atoms with van der Waals surface area (Å²) in [6, 6.07) is 11.9. The predicted octanol–water partition coefficient (Wildman–Crippen LogP) is 3.32. The predicted molar refractivity (Wildman–Crippen MR) is 100 cm³/mol. The monoisotopic (exact) mass is 350 g/mol. The Kier molecular flexibility index (Phi) is 4.07. The minimum absolute atomic E-state index is 0.0427. The zero-order valence-corrected chi connectivity index (χ0v) is 14.6. The number of hydrogen-bond acceptors (Lipinski definition) is 5. The molecule has 0 saturated carbocycles. The molecule has 1 aliphatic heterocycles. The van der Waals surface area contributed by atoms with Gasteiger partial charge in [0.2, 0.25) is 5.91 Å². The molecular formula is C19H18N4OS. The first kappa shape index (κ1) is 15.9. The lowest BCUT2D eigenvalue weighted by atomic mass is 10.0. The van der Waals surface area contributed by atoms with Crippen LogP contribution in [-0.4, -0.2) is 28.0 Å². The minimum Gasteiger partial charge on any atom is -0.320 e. The van der Waals surface area contributed by atoms with Crippen molar-refractivity contribution in [1.82, 2.24) is 9.97 Å². The molecule has 4 rings (SSSR count). The summed E-state index contributed by atoms with van der Waals surface area (Å²) >= 11 is 1.48. The third-order valence-electron chi connectivity index (χ3n) is 4.46. The van der Waals surface area contributed by atoms with Crippen molar-refractivity contribution in [3.63, 3.8) is 0 Å². The van der Waals surface area contributed by atoms with E-state index in [9.17, 15) is 4.79 Å². The fourth-order valence-corrected chi connectivity index (χ4v) is 4.10. The molecule has 0 spiro atoms. The van der Waals surface area contributed by atoms with Gasteiger partial charge >= 0.3 is 0 Å². The van der Waals surface area contributed by atoms with Crippen LogP contribution in [0.1, 0.15) is 13.3 Å². The van der Waals surface area contributed by atoms with Gasteiger partial charge < -0.3 is 5.73 Å². The second-order valence-electron chi connectivity index (χ2n) is 6.23. The van der Waals surface area contributed by atoms with E-state index in [1.54, 1.807) is 17.3 Å². The van der Waals surface area contributed by atoms with Crippen LogP contribution in [0.4, 0.5) is 5.13 Å². The van der Waals surface area contributed by atoms with Crippen LogP contribution in [0.2, 0.25) is 0 Å². The third-order valence-corrected chi connectivity index (χ3v) is 5.30. The van der Waals surface area contributed by atoms with Gasteiger partial charge in [-0.25, -0.2) is 4.98 Å². The number of hydrogen-bond donors (Lipinski definition) is 1. The molecule has 0 bridgehead atoms. The molecule has 1 amide bonds. The molecule has 0 radical (unpaired) electrons. The lowest BCUT2D eigenvalue weighted by Crippen LogP contribution is -2.35. The number of anilines is 1. The van der Waals surface area contributed by atoms with Gasteiger partial charge in [0.25, 0.3) is 0 Å². The average Bonchev–Trinajstić information content (AvgIpc) is 3.21. The summed E-state index contributed by atoms with van der Waals surface area (Å²) in [4.78, 5) is 22.7. The van der Waals surface area contributed by atoms with Crippen molar-refractivity contribution >= 4 is 22.4 Å². The molecule has 2 aromatic heterocycles. The van der Waals surface area contributed by atoms with Gasteiger partial charge in [0.15, 0.2) is 5.13 Å². The molecule has 1 fully saturated rings. The Labute approximate surface area is 150 Å². The zero-order valence-electron chi connectivity index (χ0n) is 13.8. The van der Waals surface area contributed by atoms with Crippen molar-refractivity contribution in [2.75, 3.05) is 4.90 Å². The molecule has 1 aliphatic rings. The molecule has 5 nitrogen and oxygen atoms in total. The Morgan fingerprint density at radius 3 is 2.64 bits per heavy atom. The molecule has 25 heavy (non-hydrogen) atoms. The van der Waals surface area contributed by atoms with E-state index in [-0.39, 0.29) is 11.9 Å². The first-order valence-electron chi connectivity index (χ1n) is 8.18. The number of pyridine rings is 1. The Morgan fingerprint density at radius 1 is 1.16 bits per heavy atom. The van der Waals surface area contributed by atoms with Crippen LogP contribution < -0.4 is 10.6 Å². The van der Waals surface area contributed by atoms with Gasteiger partial charge in [0.1, 0.15) is 0 Å². The van der Waals surface area contributed by atoms with Crippen molar-refractivity contribution in [2.24, 2.45) is 5.73 Å². The summed E-state index contributed by atoms with van der Waals surface area (Å²) < 4.78 is 0. The Balaban J connectivity index is 1.66. The van der Waals surface area contributed by atoms with E-state index < -0.39 is 6.04 Å². The van der Waals surface area contributed by atoms with Crippen molar-refractivity contribution in [1.29, 1.82) is 0 Å². The van der Waals surface area contributed by atoms with Gasteiger partial charge in [-0.1, -0.05) is 18.2 Å². The van der Waals surface area contributed by atoms with E-state index in [1.807, 2.05) is 36.6 Å². The fraction of sp³-hybridized carbons (Fsp3) is 0.211. The largest absolute Gasteiger partial charge is 0.320 e. The SMILES string of the molecule is CC1CC(N)C(=O)N1c1nc(-c2cccc(-c3ccncc3)c2)cs1. The van der Waals surface area contributed by atoms with Crippen LogP contribution >= 0.6 is 11.3 Å². The molecule has 1 saturated heterocycles. The van der Waals surface area contributed by atoms with Crippen molar-refractivity contribution in [2.45, 2.75) is 25.4 Å². The molecule has 6 heteroatoms. The number of aromatic nitrogens is 2. The van der Waals surface area contributed by atoms with Gasteiger partial charge in [0.05, 0.1) is 11.7 Å². The van der Waals surface area contributed by atoms with Gasteiger partial charge in [-0.05, 0) is 42.7 Å². The van der Waals surface area contributed by atoms with E-state index in [0.29, 0.717) is 6.42 Å². The van der Waals surface area contributed by atoms with Gasteiger partial charge in [-0.3, -0.25) is 14.7 Å². The zero-order chi connectivity index (χ0) is 17.4. The van der Waals surface area contributed by atoms with Crippen LogP contribution in [0.25, 0.3) is 22.4 Å². The number of thiazole rings is 1. The van der Waals surface area contributed by atoms with Crippen molar-refractivity contribution in [3.8, 4) is 22.4 Å². The lowest BCUT2D eigenvalue weighted by Gasteiger charge is -2.17. The molecule has 2 N–H and O–H groups in total. The molecular weight excluding hydrogens is 332 g/mol. The van der Waals surface area contributed by atoms with E-state index in [2.05, 4.69) is 22.1 Å². The lowest BCUT2D eigenvalue weighted by molar-refractivity contribution is -0.118. The summed E-state index contributed by atoms with van der Waals surface area (Å²) in [5.41, 5.74) is 10.0. The quantitative estimate of drug-likeness (QED) is 0.786. The first-order valence-corrected chi connectivity index (χ1v) is 9.06. The number of amides is 1. The summed E-state index contributed by atoms with van der Waals surface area (Å²) in [7, 11) is 0. The summed E-state index contributed by atoms with van der Waals surface area (Å²) in [6.07, 6.45) is 4.24. The highest BCUT2D eigenvalue weighted by Crippen LogP contribution is 2.33. The molecule has 126 valence electrons. The number of carbonyl (C=O) groups is 1. The summed E-state index contributed by atoms with van der Waals surface area (Å²) in [6.45, 7) is 2.01. The Morgan fingerprint density at radius 2 is 1.92 bits per heavy atom. The van der Waals surface area contributed by atoms with E-state index in [1.165, 1.54) is 11.3 Å². The van der Waals surface area contributed by atoms with Gasteiger partial charge in [0, 0.05) is 29.4 Å². The number of nitrogens with zero attached hydrogens (tertiary/aromatic N) is 3. The fourth-order valence-electron chi connectivity index (χ4n) is 3.16. The number of benzene rings is 1. The van der Waals surface area contributed by atoms with Crippen LogP contribution in [0.5, 0.6) is 0 Å². The van der Waals surface area contributed by atoms with E-state index in [0.717, 1.165) is 27.5 Å². The molecule has 3 aromatic rings. The standard InChI is InChI=1S/C19H18N4OS/c1-12-9-16(20)18(24)23(12)19-22-17(11-25-19)15-4-2-3-14(10-15)13-5-7-21-8-6-13/h2-8,10-12,16H,9,20H2,1H3. The third kappa shape index (κ3) is 2.94. The normalized spacial score (nSPS) is 20.2. The maximum Gasteiger partial charge on any atom is 0.246 e. The maximum absolute atomic E-state index is 12.3. The molecule has 3 heterocycles. The van der Waals surface area contributed by atoms with Gasteiger partial charge in [-0.2, -0.15) is 0 Å². The highest BCUT2D eigenvalue weighted by Gasteiger charge is 2.37. The maximum atomic E-state index is 12.3. The van der Waals surface area contributed by atoms with Crippen LogP contribution in [0.15, 0.2) is 54.2 Å². The Hall–Kier alpha value is -2.57. The van der Waals surface area contributed by atoms with Crippen LogP contribution in [0.3, 0.4) is 0 Å². The summed E-state index contributed by atoms with van der Waals surface area (Å²) in [5.74, 6) is -0.0427. The molecule has 2 unspecified atom stereocenters. The van der Waals surface area contributed by atoms with Crippen LogP contribution in [0, 0.1) is 0 Å². The highest BCUT2D eigenvalue weighted by atomic mass is 32.1. The minimum atomic E-state index is -0.419. The van der Waals surface area contributed by atoms with Crippen molar-refractivity contribution in [3.05, 3.63) is 54.2 Å². The average molecular weight is 350 g/mol. The Bertz CT molecular complexity index is 909. The van der Waals surface area contributed by atoms with E-state index in [4.69, 9.17) is 5.73 Å². The smallest absolute Gasteiger partial charge is 0.246 e. The van der Waals surface area contributed by atoms with Crippen LogP contribution in [-0.2, 0) is 4.79 Å². The second kappa shape index (κ2) is 6.38. The number of rotatable bonds is 3. The first-order chi connectivity index (χ1) is 12.1. The number of carbonyl (C=O) groups excluding carboxylic acids is 1. The topological polar surface area (TPSA) is 72.1 Å². The molecule has 1 aromatic carbocycles.